The summed E-state index contributed by atoms with van der Waals surface area (Å²) in [6, 6.07) is 11.6. The highest BCUT2D eigenvalue weighted by Gasteiger charge is 2.12. The van der Waals surface area contributed by atoms with Crippen LogP contribution in [0.4, 0.5) is 0 Å². The van der Waals surface area contributed by atoms with Gasteiger partial charge in [0.2, 0.25) is 0 Å². The highest BCUT2D eigenvalue weighted by Crippen LogP contribution is 2.20. The number of hydrogen-bond acceptors (Lipinski definition) is 5. The van der Waals surface area contributed by atoms with E-state index >= 15 is 0 Å². The molecule has 0 saturated carbocycles. The van der Waals surface area contributed by atoms with E-state index in [1.165, 1.54) is 0 Å². The predicted molar refractivity (Wildman–Crippen MR) is 102 cm³/mol. The molecule has 2 heterocycles. The van der Waals surface area contributed by atoms with E-state index in [0.29, 0.717) is 12.4 Å². The first-order valence-electron chi connectivity index (χ1n) is 8.62. The molecular formula is C21H22N4O. The van der Waals surface area contributed by atoms with Crippen LogP contribution in [-0.4, -0.2) is 20.7 Å². The van der Waals surface area contributed by atoms with E-state index < -0.39 is 0 Å². The van der Waals surface area contributed by atoms with E-state index in [1.54, 1.807) is 19.3 Å². The molecule has 132 valence electrons. The molecule has 0 aliphatic carbocycles. The van der Waals surface area contributed by atoms with E-state index in [1.807, 2.05) is 49.5 Å². The predicted octanol–water partition coefficient (Wildman–Crippen LogP) is 3.90. The Balaban J connectivity index is 1.71. The Bertz CT molecular complexity index is 909. The van der Waals surface area contributed by atoms with Gasteiger partial charge in [0, 0.05) is 53.6 Å². The zero-order chi connectivity index (χ0) is 18.5. The molecule has 0 amide bonds. The molecule has 1 atom stereocenters. The second-order valence-corrected chi connectivity index (χ2v) is 6.33. The van der Waals surface area contributed by atoms with Gasteiger partial charge in [-0.3, -0.25) is 9.78 Å². The zero-order valence-corrected chi connectivity index (χ0v) is 15.2. The normalized spacial score (nSPS) is 12.0. The second-order valence-electron chi connectivity index (χ2n) is 6.33. The Labute approximate surface area is 153 Å². The number of Topliss-reactive ketones (excluding diaryl/α,β-unsaturated/α-hetero) is 1. The molecule has 0 bridgehead atoms. The van der Waals surface area contributed by atoms with Gasteiger partial charge in [0.15, 0.2) is 11.6 Å². The van der Waals surface area contributed by atoms with Crippen LogP contribution in [-0.2, 0) is 6.54 Å². The summed E-state index contributed by atoms with van der Waals surface area (Å²) < 4.78 is 0. The third-order valence-electron chi connectivity index (χ3n) is 4.37. The van der Waals surface area contributed by atoms with E-state index in [9.17, 15) is 4.79 Å². The molecule has 5 nitrogen and oxygen atoms in total. The first-order valence-corrected chi connectivity index (χ1v) is 8.62. The number of ketones is 1. The zero-order valence-electron chi connectivity index (χ0n) is 15.2. The van der Waals surface area contributed by atoms with Crippen molar-refractivity contribution in [3.63, 3.8) is 0 Å². The van der Waals surface area contributed by atoms with E-state index in [4.69, 9.17) is 0 Å². The van der Waals surface area contributed by atoms with E-state index in [0.717, 1.165) is 27.9 Å². The average molecular weight is 346 g/mol. The van der Waals surface area contributed by atoms with Crippen molar-refractivity contribution < 1.29 is 4.79 Å². The second kappa shape index (κ2) is 7.97. The molecule has 0 unspecified atom stereocenters. The number of nitrogens with zero attached hydrogens (tertiary/aromatic N) is 3. The number of aryl methyl sites for hydroxylation is 1. The van der Waals surface area contributed by atoms with Gasteiger partial charge < -0.3 is 5.32 Å². The number of nitrogens with one attached hydrogen (secondary N) is 1. The van der Waals surface area contributed by atoms with Crippen LogP contribution in [0, 0.1) is 6.92 Å². The highest BCUT2D eigenvalue weighted by atomic mass is 16.1. The van der Waals surface area contributed by atoms with Crippen LogP contribution in [0.3, 0.4) is 0 Å². The molecule has 0 fully saturated rings. The third-order valence-corrected chi connectivity index (χ3v) is 4.37. The van der Waals surface area contributed by atoms with Crippen LogP contribution in [0.25, 0.3) is 11.4 Å². The number of benzene rings is 1. The van der Waals surface area contributed by atoms with Crippen molar-refractivity contribution in [2.45, 2.75) is 33.4 Å². The largest absolute Gasteiger partial charge is 0.306 e. The van der Waals surface area contributed by atoms with Gasteiger partial charge in [0.1, 0.15) is 0 Å². The van der Waals surface area contributed by atoms with Crippen molar-refractivity contribution in [1.82, 2.24) is 20.3 Å². The van der Waals surface area contributed by atoms with Crippen LogP contribution in [0.1, 0.15) is 47.1 Å². The smallest absolute Gasteiger partial charge is 0.159 e. The maximum atomic E-state index is 11.5. The van der Waals surface area contributed by atoms with Crippen LogP contribution in [0.2, 0.25) is 0 Å². The molecule has 5 heteroatoms. The van der Waals surface area contributed by atoms with E-state index in [2.05, 4.69) is 27.2 Å². The number of carbonyl (C=O) groups excluding carboxylic acids is 1. The van der Waals surface area contributed by atoms with Gasteiger partial charge in [-0.2, -0.15) is 0 Å². The van der Waals surface area contributed by atoms with Crippen molar-refractivity contribution in [1.29, 1.82) is 0 Å². The van der Waals surface area contributed by atoms with Gasteiger partial charge in [-0.15, -0.1) is 0 Å². The molecular weight excluding hydrogens is 324 g/mol. The maximum Gasteiger partial charge on any atom is 0.159 e. The fourth-order valence-electron chi connectivity index (χ4n) is 2.82. The SMILES string of the molecule is CC(=O)c1cccc(CN[C@H](C)c2cnc(-c3ccncc3)nc2C)c1. The van der Waals surface area contributed by atoms with Gasteiger partial charge in [0.05, 0.1) is 0 Å². The Hall–Kier alpha value is -2.92. The molecule has 3 aromatic rings. The minimum atomic E-state index is 0.0795. The molecule has 26 heavy (non-hydrogen) atoms. The van der Waals surface area contributed by atoms with Gasteiger partial charge in [0.25, 0.3) is 0 Å². The minimum Gasteiger partial charge on any atom is -0.306 e. The fraction of sp³-hybridized carbons (Fsp3) is 0.238. The van der Waals surface area contributed by atoms with Crippen molar-refractivity contribution in [3.8, 4) is 11.4 Å². The van der Waals surface area contributed by atoms with Gasteiger partial charge in [-0.25, -0.2) is 9.97 Å². The molecule has 0 aliphatic rings. The van der Waals surface area contributed by atoms with Crippen LogP contribution in [0.5, 0.6) is 0 Å². The average Bonchev–Trinajstić information content (AvgIpc) is 2.67. The molecule has 0 radical (unpaired) electrons. The van der Waals surface area contributed by atoms with Crippen molar-refractivity contribution >= 4 is 5.78 Å². The van der Waals surface area contributed by atoms with Crippen molar-refractivity contribution in [2.75, 3.05) is 0 Å². The lowest BCUT2D eigenvalue weighted by atomic mass is 10.1. The fourth-order valence-corrected chi connectivity index (χ4v) is 2.82. The molecule has 3 rings (SSSR count). The summed E-state index contributed by atoms with van der Waals surface area (Å²) in [5.41, 5.74) is 4.78. The first kappa shape index (κ1) is 17.9. The monoisotopic (exact) mass is 346 g/mol. The molecule has 0 spiro atoms. The quantitative estimate of drug-likeness (QED) is 0.686. The lowest BCUT2D eigenvalue weighted by Gasteiger charge is -2.16. The first-order chi connectivity index (χ1) is 12.5. The van der Waals surface area contributed by atoms with E-state index in [-0.39, 0.29) is 11.8 Å². The lowest BCUT2D eigenvalue weighted by molar-refractivity contribution is 0.101. The Morgan fingerprint density at radius 2 is 1.96 bits per heavy atom. The molecule has 0 aliphatic heterocycles. The summed E-state index contributed by atoms with van der Waals surface area (Å²) in [5, 5.41) is 3.48. The standard InChI is InChI=1S/C21H22N4O/c1-14(23-12-17-5-4-6-19(11-17)16(3)26)20-13-24-21(25-15(20)2)18-7-9-22-10-8-18/h4-11,13-14,23H,12H2,1-3H3/t14-/m1/s1. The minimum absolute atomic E-state index is 0.0795. The van der Waals surface area contributed by atoms with Crippen LogP contribution in [0.15, 0.2) is 55.0 Å². The maximum absolute atomic E-state index is 11.5. The Morgan fingerprint density at radius 1 is 1.19 bits per heavy atom. The van der Waals surface area contributed by atoms with Gasteiger partial charge >= 0.3 is 0 Å². The summed E-state index contributed by atoms with van der Waals surface area (Å²) >= 11 is 0. The number of rotatable bonds is 6. The van der Waals surface area contributed by atoms with Crippen LogP contribution >= 0.6 is 0 Å². The number of hydrogen-bond donors (Lipinski definition) is 1. The Kier molecular flexibility index (Phi) is 5.49. The van der Waals surface area contributed by atoms with Gasteiger partial charge in [-0.05, 0) is 44.5 Å². The topological polar surface area (TPSA) is 67.8 Å². The highest BCUT2D eigenvalue weighted by molar-refractivity contribution is 5.94. The number of carbonyl (C=O) groups is 1. The molecule has 2 aromatic heterocycles. The molecule has 1 aromatic carbocycles. The number of aromatic nitrogens is 3. The number of pyridine rings is 1. The Morgan fingerprint density at radius 3 is 2.65 bits per heavy atom. The van der Waals surface area contributed by atoms with Crippen LogP contribution < -0.4 is 5.32 Å². The summed E-state index contributed by atoms with van der Waals surface area (Å²) in [5.74, 6) is 0.783. The summed E-state index contributed by atoms with van der Waals surface area (Å²) in [6.07, 6.45) is 5.35. The molecule has 1 N–H and O–H groups in total. The third kappa shape index (κ3) is 4.18. The van der Waals surface area contributed by atoms with Crippen molar-refractivity contribution in [3.05, 3.63) is 77.4 Å². The summed E-state index contributed by atoms with van der Waals surface area (Å²) in [6.45, 7) is 6.34. The lowest BCUT2D eigenvalue weighted by Crippen LogP contribution is -2.20. The summed E-state index contributed by atoms with van der Waals surface area (Å²) in [7, 11) is 0. The van der Waals surface area contributed by atoms with Gasteiger partial charge in [-0.1, -0.05) is 18.2 Å². The van der Waals surface area contributed by atoms with Crippen molar-refractivity contribution in [2.24, 2.45) is 0 Å². The summed E-state index contributed by atoms with van der Waals surface area (Å²) in [4.78, 5) is 24.7. The molecule has 0 saturated heterocycles.